The Morgan fingerprint density at radius 3 is 1.20 bits per heavy atom. The largest absolute Gasteiger partial charge is 4.00 e. The number of nitrogens with zero attached hydrogens (tertiary/aromatic N) is 1. The van der Waals surface area contributed by atoms with E-state index in [9.17, 15) is 0 Å². The van der Waals surface area contributed by atoms with Gasteiger partial charge >= 0.3 is 21.7 Å². The van der Waals surface area contributed by atoms with Crippen LogP contribution in [0.25, 0.3) is 26.5 Å². The third kappa shape index (κ3) is 7.59. The van der Waals surface area contributed by atoms with Gasteiger partial charge in [-0.05, 0) is 60.2 Å². The Labute approximate surface area is 294 Å². The van der Waals surface area contributed by atoms with E-state index in [0.29, 0.717) is 0 Å². The van der Waals surface area contributed by atoms with Gasteiger partial charge in [-0.15, -0.1) is 44.4 Å². The third-order valence-electron chi connectivity index (χ3n) is 10.9. The van der Waals surface area contributed by atoms with Gasteiger partial charge in [0.1, 0.15) is 0 Å². The summed E-state index contributed by atoms with van der Waals surface area (Å²) in [5, 5.41) is 7.49. The zero-order valence-corrected chi connectivity index (χ0v) is 34.4. The summed E-state index contributed by atoms with van der Waals surface area (Å²) in [7, 11) is -2.12. The maximum atomic E-state index is 5.58. The predicted molar refractivity (Wildman–Crippen MR) is 201 cm³/mol. The molecule has 0 bridgehead atoms. The molecule has 0 aromatic heterocycles. The second-order valence-electron chi connectivity index (χ2n) is 18.0. The number of ether oxygens (including phenoxy) is 1. The van der Waals surface area contributed by atoms with Gasteiger partial charge in [0.25, 0.3) is 0 Å². The Hall–Kier alpha value is -0.839. The van der Waals surface area contributed by atoms with Crippen LogP contribution in [0.15, 0.2) is 24.3 Å². The number of hydrogen-bond donors (Lipinski definition) is 0. The molecule has 0 saturated carbocycles. The molecule has 6 rings (SSSR count). The average molecular weight is 664 g/mol. The molecule has 3 aliphatic rings. The van der Waals surface area contributed by atoms with Crippen molar-refractivity contribution in [3.05, 3.63) is 66.4 Å². The first-order chi connectivity index (χ1) is 19.2. The Kier molecular flexibility index (Phi) is 11.9. The molecule has 1 fully saturated rings. The molecule has 1 saturated heterocycles. The van der Waals surface area contributed by atoms with Gasteiger partial charge in [-0.2, -0.15) is 0 Å². The average Bonchev–Trinajstić information content (AvgIpc) is 3.52. The topological polar surface area (TPSA) is 23.3 Å². The van der Waals surface area contributed by atoms with Crippen molar-refractivity contribution in [2.75, 3.05) is 13.2 Å². The predicted octanol–water partition coefficient (Wildman–Crippen LogP) is 11.7. The summed E-state index contributed by atoms with van der Waals surface area (Å²) < 4.78 is 4.94. The molecule has 248 valence electrons. The summed E-state index contributed by atoms with van der Waals surface area (Å²) in [6.07, 6.45) is 7.55. The van der Waals surface area contributed by atoms with Gasteiger partial charge in [-0.3, -0.25) is 0 Å². The normalized spacial score (nSPS) is 20.9. The zero-order chi connectivity index (χ0) is 31.1. The van der Waals surface area contributed by atoms with Crippen LogP contribution in [0, 0.1) is 14.9 Å². The van der Waals surface area contributed by atoms with Crippen LogP contribution in [0.2, 0.25) is 13.1 Å². The summed E-state index contributed by atoms with van der Waals surface area (Å²) in [6, 6.07) is 10.5. The molecule has 0 spiro atoms. The van der Waals surface area contributed by atoms with E-state index >= 15 is 0 Å². The molecule has 2 nitrogen and oxygen atoms in total. The summed E-state index contributed by atoms with van der Waals surface area (Å²) in [6.45, 7) is 33.5. The number of rotatable bonds is 2. The first kappa shape index (κ1) is 40.3. The van der Waals surface area contributed by atoms with Crippen LogP contribution in [0.1, 0.15) is 137 Å². The minimum absolute atomic E-state index is 0. The van der Waals surface area contributed by atoms with Crippen molar-refractivity contribution in [1.29, 1.82) is 0 Å². The van der Waals surface area contributed by atoms with E-state index in [1.165, 1.54) is 60.1 Å². The van der Waals surface area contributed by atoms with Gasteiger partial charge in [-0.1, -0.05) is 132 Å². The van der Waals surface area contributed by atoms with Crippen LogP contribution in [0.3, 0.4) is 0 Å². The Bertz CT molecular complexity index is 1390. The van der Waals surface area contributed by atoms with Gasteiger partial charge < -0.3 is 24.6 Å². The molecule has 3 aromatic carbocycles. The van der Waals surface area contributed by atoms with Crippen LogP contribution in [-0.4, -0.2) is 27.0 Å². The van der Waals surface area contributed by atoms with E-state index in [2.05, 4.69) is 114 Å². The molecule has 0 unspecified atom stereocenters. The Morgan fingerprint density at radius 1 is 0.622 bits per heavy atom. The van der Waals surface area contributed by atoms with Crippen molar-refractivity contribution in [2.45, 2.75) is 155 Å². The fourth-order valence-corrected chi connectivity index (χ4v) is 11.8. The maximum absolute atomic E-state index is 5.58. The SMILES string of the molecule is C1CCOC1.CC(C)(C)[N-][Si](C)(C)[c-]1c2cc3c(cc2c2cc4c(cc21)C(C)(C)CCC4(C)C)C(C)(C)CCC3(C)C.[CH3-].[CH3-].[Ti+4]. The van der Waals surface area contributed by atoms with Crippen LogP contribution < -0.4 is 5.19 Å². The Balaban J connectivity index is 0.000000805. The van der Waals surface area contributed by atoms with Gasteiger partial charge in [0, 0.05) is 13.2 Å². The maximum Gasteiger partial charge on any atom is 4.00 e. The monoisotopic (exact) mass is 663 g/mol. The molecule has 0 atom stereocenters. The molecule has 1 aliphatic heterocycles. The van der Waals surface area contributed by atoms with Crippen LogP contribution in [0.4, 0.5) is 0 Å². The first-order valence-corrected chi connectivity index (χ1v) is 19.7. The standard InChI is InChI=1S/C35H51NSi.C4H8O.2CH3.Ti/c1-31(2,3)36-37(12,13)30-24-20-28-26(32(4,5)14-16-34(28,8)9)18-22(24)23-19-27-29(21-25(23)30)35(10,11)17-15-33(27,6)7;1-2-4-5-3-1;;;/h18-21H,14-17H2,1-13H3;1-4H2;2*1H3;/q-2;;2*-1;+4. The van der Waals surface area contributed by atoms with Gasteiger partial charge in [0.15, 0.2) is 0 Å². The van der Waals surface area contributed by atoms with E-state index in [4.69, 9.17) is 9.72 Å². The second kappa shape index (κ2) is 13.2. The first-order valence-electron chi connectivity index (χ1n) is 16.7. The zero-order valence-electron chi connectivity index (χ0n) is 31.8. The molecule has 0 N–H and O–H groups in total. The molecule has 45 heavy (non-hydrogen) atoms. The van der Waals surface area contributed by atoms with Crippen molar-refractivity contribution >= 4 is 35.0 Å². The van der Waals surface area contributed by atoms with E-state index in [-0.39, 0.29) is 63.8 Å². The van der Waals surface area contributed by atoms with Gasteiger partial charge in [0.05, 0.1) is 0 Å². The molecular weight excluding hydrogens is 598 g/mol. The fraction of sp³-hybridized carbons (Fsp3) is 0.634. The van der Waals surface area contributed by atoms with E-state index in [0.717, 1.165) is 13.2 Å². The number of fused-ring (bicyclic) bond motifs is 5. The summed E-state index contributed by atoms with van der Waals surface area (Å²) in [5.41, 5.74) is 7.06. The Morgan fingerprint density at radius 2 is 0.933 bits per heavy atom. The molecule has 4 heteroatoms. The van der Waals surface area contributed by atoms with Gasteiger partial charge in [0.2, 0.25) is 0 Å². The minimum atomic E-state index is -2.12. The molecule has 1 heterocycles. The second-order valence-corrected chi connectivity index (χ2v) is 21.8. The van der Waals surface area contributed by atoms with Crippen LogP contribution in [-0.2, 0) is 48.1 Å². The summed E-state index contributed by atoms with van der Waals surface area (Å²) in [4.78, 5) is 5.58. The fourth-order valence-electron chi connectivity index (χ4n) is 8.30. The molecule has 0 amide bonds. The van der Waals surface area contributed by atoms with E-state index < -0.39 is 8.24 Å². The number of hydrogen-bond acceptors (Lipinski definition) is 1. The van der Waals surface area contributed by atoms with Gasteiger partial charge in [-0.25, -0.2) is 0 Å². The quantitative estimate of drug-likeness (QED) is 0.198. The van der Waals surface area contributed by atoms with E-state index in [1.54, 1.807) is 27.4 Å². The number of benzene rings is 2. The summed E-state index contributed by atoms with van der Waals surface area (Å²) >= 11 is 0. The molecule has 0 radical (unpaired) electrons. The van der Waals surface area contributed by atoms with Crippen molar-refractivity contribution in [3.8, 4) is 0 Å². The van der Waals surface area contributed by atoms with Crippen molar-refractivity contribution < 1.29 is 26.5 Å². The van der Waals surface area contributed by atoms with Crippen molar-refractivity contribution in [3.63, 3.8) is 0 Å². The van der Waals surface area contributed by atoms with E-state index in [1.807, 2.05) is 0 Å². The molecule has 2 aliphatic carbocycles. The smallest absolute Gasteiger partial charge is 0.662 e. The summed E-state index contributed by atoms with van der Waals surface area (Å²) in [5.74, 6) is 0. The molecule has 3 aromatic rings. The minimum Gasteiger partial charge on any atom is -0.662 e. The molecular formula is C41H65NOSiTi. The van der Waals surface area contributed by atoms with Crippen molar-refractivity contribution in [1.82, 2.24) is 0 Å². The van der Waals surface area contributed by atoms with Crippen molar-refractivity contribution in [2.24, 2.45) is 0 Å². The third-order valence-corrected chi connectivity index (χ3v) is 13.9. The van der Waals surface area contributed by atoms with Crippen LogP contribution >= 0.6 is 0 Å². The van der Waals surface area contributed by atoms with Crippen LogP contribution in [0.5, 0.6) is 0 Å².